The van der Waals surface area contributed by atoms with Gasteiger partial charge in [0, 0.05) is 31.8 Å². The number of hydrogen-bond donors (Lipinski definition) is 1. The summed E-state index contributed by atoms with van der Waals surface area (Å²) in [4.78, 5) is 2.12. The predicted molar refractivity (Wildman–Crippen MR) is 66.3 cm³/mol. The molecule has 0 unspecified atom stereocenters. The van der Waals surface area contributed by atoms with E-state index in [0.29, 0.717) is 19.1 Å². The van der Waals surface area contributed by atoms with E-state index in [2.05, 4.69) is 35.0 Å². The molecule has 0 amide bonds. The van der Waals surface area contributed by atoms with Crippen molar-refractivity contribution in [1.82, 2.24) is 10.2 Å². The van der Waals surface area contributed by atoms with Gasteiger partial charge < -0.3 is 14.4 Å². The second kappa shape index (κ2) is 5.51. The van der Waals surface area contributed by atoms with Crippen LogP contribution in [0.5, 0.6) is 0 Å². The average molecular weight is 239 g/mol. The molecule has 0 saturated carbocycles. The number of aromatic amines is 1. The molecule has 1 aromatic rings. The molecule has 1 saturated heterocycles. The van der Waals surface area contributed by atoms with E-state index >= 15 is 0 Å². The van der Waals surface area contributed by atoms with E-state index in [4.69, 9.17) is 9.47 Å². The molecule has 5 heteroatoms. The highest BCUT2D eigenvalue weighted by Crippen LogP contribution is 2.18. The third-order valence-corrected chi connectivity index (χ3v) is 2.99. The fourth-order valence-corrected chi connectivity index (χ4v) is 1.80. The molecule has 0 bridgehead atoms. The fraction of sp³-hybridized carbons (Fsp3) is 0.750. The lowest BCUT2D eigenvalue weighted by Crippen LogP contribution is -2.23. The average Bonchev–Trinajstić information content (AvgIpc) is 2.96. The molecule has 0 atom stereocenters. The largest absolute Gasteiger partial charge is 0.358 e. The predicted octanol–water partition coefficient (Wildman–Crippen LogP) is 1.73. The zero-order valence-corrected chi connectivity index (χ0v) is 10.8. The van der Waals surface area contributed by atoms with Crippen LogP contribution in [0.3, 0.4) is 0 Å². The Morgan fingerprint density at radius 3 is 2.76 bits per heavy atom. The van der Waals surface area contributed by atoms with Crippen LogP contribution in [0, 0.1) is 0 Å². The van der Waals surface area contributed by atoms with Gasteiger partial charge >= 0.3 is 0 Å². The van der Waals surface area contributed by atoms with Crippen LogP contribution in [0.25, 0.3) is 0 Å². The highest BCUT2D eigenvalue weighted by molar-refractivity contribution is 5.38. The Labute approximate surface area is 102 Å². The van der Waals surface area contributed by atoms with Crippen LogP contribution in [0.15, 0.2) is 6.07 Å². The first kappa shape index (κ1) is 12.4. The number of hydrogen-bond acceptors (Lipinski definition) is 4. The lowest BCUT2D eigenvalue weighted by Gasteiger charge is -2.17. The number of rotatable bonds is 5. The van der Waals surface area contributed by atoms with Crippen molar-refractivity contribution in [2.75, 3.05) is 31.7 Å². The summed E-state index contributed by atoms with van der Waals surface area (Å²) < 4.78 is 10.8. The van der Waals surface area contributed by atoms with Gasteiger partial charge in [0.05, 0.1) is 13.2 Å². The Balaban J connectivity index is 1.83. The Morgan fingerprint density at radius 1 is 1.47 bits per heavy atom. The van der Waals surface area contributed by atoms with Gasteiger partial charge in [-0.3, -0.25) is 5.10 Å². The van der Waals surface area contributed by atoms with E-state index in [-0.39, 0.29) is 6.29 Å². The van der Waals surface area contributed by atoms with E-state index in [1.165, 1.54) is 5.69 Å². The molecule has 17 heavy (non-hydrogen) atoms. The highest BCUT2D eigenvalue weighted by Gasteiger charge is 2.17. The molecular weight excluding hydrogens is 218 g/mol. The zero-order valence-electron chi connectivity index (χ0n) is 10.8. The molecule has 2 heterocycles. The highest BCUT2D eigenvalue weighted by atomic mass is 16.7. The van der Waals surface area contributed by atoms with Crippen molar-refractivity contribution in [1.29, 1.82) is 0 Å². The lowest BCUT2D eigenvalue weighted by atomic mass is 10.1. The molecule has 1 fully saturated rings. The molecule has 0 spiro atoms. The molecule has 5 nitrogen and oxygen atoms in total. The summed E-state index contributed by atoms with van der Waals surface area (Å²) in [7, 11) is 2.04. The van der Waals surface area contributed by atoms with Crippen molar-refractivity contribution in [3.05, 3.63) is 11.8 Å². The molecule has 1 aliphatic heterocycles. The van der Waals surface area contributed by atoms with Crippen molar-refractivity contribution >= 4 is 5.82 Å². The van der Waals surface area contributed by atoms with Crippen molar-refractivity contribution in [3.63, 3.8) is 0 Å². The van der Waals surface area contributed by atoms with Gasteiger partial charge in [0.25, 0.3) is 0 Å². The maximum absolute atomic E-state index is 5.41. The second-order valence-corrected chi connectivity index (χ2v) is 4.72. The Kier molecular flexibility index (Phi) is 4.02. The van der Waals surface area contributed by atoms with Crippen LogP contribution in [-0.4, -0.2) is 43.3 Å². The SMILES string of the molecule is CC(C)c1cc(N(C)CCC2OCCO2)n[nH]1. The molecule has 1 aromatic heterocycles. The van der Waals surface area contributed by atoms with E-state index in [1.54, 1.807) is 0 Å². The minimum absolute atomic E-state index is 0.0408. The van der Waals surface area contributed by atoms with Crippen LogP contribution >= 0.6 is 0 Å². The summed E-state index contributed by atoms with van der Waals surface area (Å²) >= 11 is 0. The van der Waals surface area contributed by atoms with Gasteiger partial charge in [-0.1, -0.05) is 13.8 Å². The van der Waals surface area contributed by atoms with Crippen LogP contribution < -0.4 is 4.90 Å². The number of aromatic nitrogens is 2. The number of ether oxygens (including phenoxy) is 2. The quantitative estimate of drug-likeness (QED) is 0.850. The number of nitrogens with zero attached hydrogens (tertiary/aromatic N) is 2. The summed E-state index contributed by atoms with van der Waals surface area (Å²) in [5.41, 5.74) is 1.17. The topological polar surface area (TPSA) is 50.4 Å². The van der Waals surface area contributed by atoms with Crippen LogP contribution in [0.2, 0.25) is 0 Å². The molecule has 2 rings (SSSR count). The van der Waals surface area contributed by atoms with E-state index in [1.807, 2.05) is 7.05 Å². The van der Waals surface area contributed by atoms with Crippen molar-refractivity contribution < 1.29 is 9.47 Å². The lowest BCUT2D eigenvalue weighted by molar-refractivity contribution is -0.0447. The molecule has 0 aromatic carbocycles. The number of nitrogens with one attached hydrogen (secondary N) is 1. The maximum atomic E-state index is 5.41. The Morgan fingerprint density at radius 2 is 2.18 bits per heavy atom. The second-order valence-electron chi connectivity index (χ2n) is 4.72. The molecule has 0 radical (unpaired) electrons. The minimum Gasteiger partial charge on any atom is -0.358 e. The van der Waals surface area contributed by atoms with Crippen molar-refractivity contribution in [3.8, 4) is 0 Å². The van der Waals surface area contributed by atoms with Gasteiger partial charge in [-0.15, -0.1) is 0 Å². The zero-order chi connectivity index (χ0) is 12.3. The minimum atomic E-state index is -0.0408. The summed E-state index contributed by atoms with van der Waals surface area (Å²) in [6.07, 6.45) is 0.835. The van der Waals surface area contributed by atoms with Gasteiger partial charge in [0.2, 0.25) is 0 Å². The van der Waals surface area contributed by atoms with Gasteiger partial charge in [0.15, 0.2) is 6.29 Å². The molecular formula is C12H21N3O2. The Hall–Kier alpha value is -1.07. The van der Waals surface area contributed by atoms with Crippen molar-refractivity contribution in [2.24, 2.45) is 0 Å². The third-order valence-electron chi connectivity index (χ3n) is 2.99. The first-order chi connectivity index (χ1) is 8.16. The van der Waals surface area contributed by atoms with Crippen LogP contribution in [0.1, 0.15) is 31.9 Å². The molecule has 1 N–H and O–H groups in total. The van der Waals surface area contributed by atoms with Crippen LogP contribution in [-0.2, 0) is 9.47 Å². The maximum Gasteiger partial charge on any atom is 0.159 e. The summed E-state index contributed by atoms with van der Waals surface area (Å²) in [6.45, 7) is 6.62. The van der Waals surface area contributed by atoms with Gasteiger partial charge in [-0.25, -0.2) is 0 Å². The van der Waals surface area contributed by atoms with Crippen molar-refractivity contribution in [2.45, 2.75) is 32.5 Å². The van der Waals surface area contributed by atoms with E-state index in [0.717, 1.165) is 18.8 Å². The van der Waals surface area contributed by atoms with Crippen LogP contribution in [0.4, 0.5) is 5.82 Å². The first-order valence-electron chi connectivity index (χ1n) is 6.16. The summed E-state index contributed by atoms with van der Waals surface area (Å²) in [5.74, 6) is 1.46. The van der Waals surface area contributed by atoms with Gasteiger partial charge in [0.1, 0.15) is 5.82 Å². The van der Waals surface area contributed by atoms with E-state index in [9.17, 15) is 0 Å². The third kappa shape index (κ3) is 3.20. The van der Waals surface area contributed by atoms with E-state index < -0.39 is 0 Å². The number of anilines is 1. The standard InChI is InChI=1S/C12H21N3O2/c1-9(2)10-8-11(14-13-10)15(3)5-4-12-16-6-7-17-12/h8-9,12H,4-7H2,1-3H3,(H,13,14). The molecule has 0 aliphatic carbocycles. The first-order valence-corrected chi connectivity index (χ1v) is 6.16. The van der Waals surface area contributed by atoms with Gasteiger partial charge in [-0.2, -0.15) is 5.10 Å². The van der Waals surface area contributed by atoms with Gasteiger partial charge in [-0.05, 0) is 5.92 Å². The molecule has 96 valence electrons. The molecule has 1 aliphatic rings. The monoisotopic (exact) mass is 239 g/mol. The Bertz CT molecular complexity index is 345. The number of H-pyrrole nitrogens is 1. The summed E-state index contributed by atoms with van der Waals surface area (Å²) in [6, 6.07) is 2.10. The summed E-state index contributed by atoms with van der Waals surface area (Å²) in [5, 5.41) is 7.36. The smallest absolute Gasteiger partial charge is 0.159 e. The normalized spacial score (nSPS) is 16.9. The fourth-order valence-electron chi connectivity index (χ4n) is 1.80.